The number of benzene rings is 1. The van der Waals surface area contributed by atoms with Crippen molar-refractivity contribution in [2.75, 3.05) is 5.32 Å². The first kappa shape index (κ1) is 14.7. The average molecular weight is 308 g/mol. The van der Waals surface area contributed by atoms with Crippen LogP contribution in [-0.4, -0.2) is 21.0 Å². The van der Waals surface area contributed by atoms with Crippen molar-refractivity contribution < 1.29 is 14.8 Å². The van der Waals surface area contributed by atoms with E-state index in [4.69, 9.17) is 16.7 Å². The minimum Gasteiger partial charge on any atom is -0.478 e. The van der Waals surface area contributed by atoms with Crippen molar-refractivity contribution in [2.45, 2.75) is 6.92 Å². The molecule has 0 aliphatic heterocycles. The van der Waals surface area contributed by atoms with E-state index in [2.05, 4.69) is 10.3 Å². The van der Waals surface area contributed by atoms with Crippen molar-refractivity contribution in [1.29, 1.82) is 0 Å². The normalized spacial score (nSPS) is 10.2. The lowest BCUT2D eigenvalue weighted by Gasteiger charge is -2.09. The number of aromatic carboxylic acids is 1. The minimum absolute atomic E-state index is 0.101. The third-order valence-corrected chi connectivity index (χ3v) is 3.05. The zero-order chi connectivity index (χ0) is 15.6. The summed E-state index contributed by atoms with van der Waals surface area (Å²) in [6, 6.07) is 5.84. The quantitative estimate of drug-likeness (QED) is 0.662. The van der Waals surface area contributed by atoms with Crippen LogP contribution in [0.2, 0.25) is 5.02 Å². The van der Waals surface area contributed by atoms with Crippen LogP contribution in [-0.2, 0) is 0 Å². The van der Waals surface area contributed by atoms with Gasteiger partial charge in [0, 0.05) is 11.8 Å². The number of carbonyl (C=O) groups is 1. The summed E-state index contributed by atoms with van der Waals surface area (Å²) >= 11 is 5.92. The van der Waals surface area contributed by atoms with Crippen molar-refractivity contribution in [1.82, 2.24) is 4.98 Å². The van der Waals surface area contributed by atoms with Gasteiger partial charge in [0.05, 0.1) is 15.5 Å². The standard InChI is InChI=1S/C13H10ClN3O4/c1-7-4-8(2-3-10(7)13(18)19)16-12-11(14)5-9(6-15-12)17(20)21/h2-6H,1H3,(H,15,16)(H,18,19). The van der Waals surface area contributed by atoms with Gasteiger partial charge in [-0.1, -0.05) is 11.6 Å². The molecule has 7 nitrogen and oxygen atoms in total. The Balaban J connectivity index is 2.28. The van der Waals surface area contributed by atoms with Crippen LogP contribution in [0.5, 0.6) is 0 Å². The highest BCUT2D eigenvalue weighted by Crippen LogP contribution is 2.27. The number of carboxylic acid groups (broad SMARTS) is 1. The second-order valence-corrected chi connectivity index (χ2v) is 4.65. The number of hydrogen-bond acceptors (Lipinski definition) is 5. The number of pyridine rings is 1. The van der Waals surface area contributed by atoms with E-state index in [0.29, 0.717) is 11.3 Å². The highest BCUT2D eigenvalue weighted by atomic mass is 35.5. The maximum atomic E-state index is 10.9. The zero-order valence-electron chi connectivity index (χ0n) is 10.8. The lowest BCUT2D eigenvalue weighted by molar-refractivity contribution is -0.385. The molecule has 0 aliphatic rings. The molecule has 1 aromatic heterocycles. The van der Waals surface area contributed by atoms with Crippen molar-refractivity contribution in [3.8, 4) is 0 Å². The Kier molecular flexibility index (Phi) is 4.04. The largest absolute Gasteiger partial charge is 0.478 e. The van der Waals surface area contributed by atoms with Gasteiger partial charge in [-0.2, -0.15) is 0 Å². The molecule has 0 saturated carbocycles. The molecule has 2 N–H and O–H groups in total. The number of nitro groups is 1. The predicted octanol–water partition coefficient (Wildman–Crippen LogP) is 3.39. The molecule has 2 rings (SSSR count). The highest BCUT2D eigenvalue weighted by molar-refractivity contribution is 6.33. The smallest absolute Gasteiger partial charge is 0.335 e. The number of carboxylic acids is 1. The molecular weight excluding hydrogens is 298 g/mol. The minimum atomic E-state index is -1.01. The first-order valence-electron chi connectivity index (χ1n) is 5.79. The number of anilines is 2. The molecule has 0 radical (unpaired) electrons. The van der Waals surface area contributed by atoms with Gasteiger partial charge in [-0.25, -0.2) is 9.78 Å². The topological polar surface area (TPSA) is 105 Å². The summed E-state index contributed by atoms with van der Waals surface area (Å²) in [5.41, 5.74) is 1.15. The lowest BCUT2D eigenvalue weighted by Crippen LogP contribution is -2.01. The number of aromatic nitrogens is 1. The summed E-state index contributed by atoms with van der Waals surface area (Å²) in [5, 5.41) is 22.5. The first-order valence-corrected chi connectivity index (χ1v) is 6.17. The Morgan fingerprint density at radius 1 is 1.43 bits per heavy atom. The van der Waals surface area contributed by atoms with Crippen molar-refractivity contribution in [2.24, 2.45) is 0 Å². The van der Waals surface area contributed by atoms with E-state index >= 15 is 0 Å². The molecule has 0 amide bonds. The maximum absolute atomic E-state index is 10.9. The summed E-state index contributed by atoms with van der Waals surface area (Å²) < 4.78 is 0. The summed E-state index contributed by atoms with van der Waals surface area (Å²) in [6.07, 6.45) is 1.09. The van der Waals surface area contributed by atoms with Crippen LogP contribution >= 0.6 is 11.6 Å². The van der Waals surface area contributed by atoms with Crippen molar-refractivity contribution in [3.05, 3.63) is 56.7 Å². The third-order valence-electron chi connectivity index (χ3n) is 2.76. The Hall–Kier alpha value is -2.67. The van der Waals surface area contributed by atoms with Gasteiger partial charge in [0.25, 0.3) is 5.69 Å². The molecule has 0 bridgehead atoms. The Labute approximate surface area is 124 Å². The van der Waals surface area contributed by atoms with E-state index in [1.165, 1.54) is 12.1 Å². The molecule has 8 heteroatoms. The van der Waals surface area contributed by atoms with E-state index in [1.54, 1.807) is 19.1 Å². The van der Waals surface area contributed by atoms with E-state index < -0.39 is 10.9 Å². The van der Waals surface area contributed by atoms with E-state index in [9.17, 15) is 14.9 Å². The zero-order valence-corrected chi connectivity index (χ0v) is 11.6. The van der Waals surface area contributed by atoms with Crippen LogP contribution in [0, 0.1) is 17.0 Å². The maximum Gasteiger partial charge on any atom is 0.335 e. The Morgan fingerprint density at radius 2 is 2.14 bits per heavy atom. The van der Waals surface area contributed by atoms with Crippen LogP contribution in [0.3, 0.4) is 0 Å². The molecular formula is C13H10ClN3O4. The van der Waals surface area contributed by atoms with Crippen LogP contribution in [0.1, 0.15) is 15.9 Å². The Bertz CT molecular complexity index is 733. The molecule has 0 saturated heterocycles. The molecule has 108 valence electrons. The SMILES string of the molecule is Cc1cc(Nc2ncc([N+](=O)[O-])cc2Cl)ccc1C(=O)O. The second kappa shape index (κ2) is 5.76. The van der Waals surface area contributed by atoms with Crippen LogP contribution in [0.15, 0.2) is 30.5 Å². The molecule has 0 aliphatic carbocycles. The van der Waals surface area contributed by atoms with E-state index in [0.717, 1.165) is 6.20 Å². The number of aryl methyl sites for hydroxylation is 1. The summed E-state index contributed by atoms with van der Waals surface area (Å²) in [6.45, 7) is 1.67. The number of hydrogen-bond donors (Lipinski definition) is 2. The highest BCUT2D eigenvalue weighted by Gasteiger charge is 2.12. The third kappa shape index (κ3) is 3.26. The summed E-state index contributed by atoms with van der Waals surface area (Å²) in [5.74, 6) is -0.754. The van der Waals surface area contributed by atoms with Gasteiger partial charge in [-0.15, -0.1) is 0 Å². The monoisotopic (exact) mass is 307 g/mol. The van der Waals surface area contributed by atoms with Gasteiger partial charge in [0.1, 0.15) is 12.0 Å². The first-order chi connectivity index (χ1) is 9.88. The van der Waals surface area contributed by atoms with Gasteiger partial charge in [0.2, 0.25) is 0 Å². The number of nitrogens with zero attached hydrogens (tertiary/aromatic N) is 2. The molecule has 0 unspecified atom stereocenters. The van der Waals surface area contributed by atoms with Gasteiger partial charge in [0.15, 0.2) is 0 Å². The molecule has 21 heavy (non-hydrogen) atoms. The van der Waals surface area contributed by atoms with Crippen molar-refractivity contribution in [3.63, 3.8) is 0 Å². The van der Waals surface area contributed by atoms with Gasteiger partial charge in [-0.05, 0) is 30.7 Å². The van der Waals surface area contributed by atoms with Crippen molar-refractivity contribution >= 4 is 34.8 Å². The Morgan fingerprint density at radius 3 is 2.67 bits per heavy atom. The fraction of sp³-hybridized carbons (Fsp3) is 0.0769. The molecule has 0 fully saturated rings. The van der Waals surface area contributed by atoms with Crippen LogP contribution in [0.25, 0.3) is 0 Å². The van der Waals surface area contributed by atoms with E-state index in [1.807, 2.05) is 0 Å². The predicted molar refractivity (Wildman–Crippen MR) is 77.3 cm³/mol. The van der Waals surface area contributed by atoms with Crippen LogP contribution < -0.4 is 5.32 Å². The number of nitrogens with one attached hydrogen (secondary N) is 1. The number of rotatable bonds is 4. The fourth-order valence-corrected chi connectivity index (χ4v) is 1.95. The fourth-order valence-electron chi connectivity index (χ4n) is 1.74. The summed E-state index contributed by atoms with van der Waals surface area (Å²) in [4.78, 5) is 24.8. The number of halogens is 1. The molecule has 2 aromatic rings. The van der Waals surface area contributed by atoms with Crippen LogP contribution in [0.4, 0.5) is 17.2 Å². The van der Waals surface area contributed by atoms with Gasteiger partial charge in [-0.3, -0.25) is 10.1 Å². The average Bonchev–Trinajstić information content (AvgIpc) is 2.40. The van der Waals surface area contributed by atoms with Gasteiger partial charge >= 0.3 is 5.97 Å². The molecule has 0 spiro atoms. The molecule has 1 heterocycles. The lowest BCUT2D eigenvalue weighted by atomic mass is 10.1. The molecule has 0 atom stereocenters. The summed E-state index contributed by atoms with van der Waals surface area (Å²) in [7, 11) is 0. The second-order valence-electron chi connectivity index (χ2n) is 4.24. The van der Waals surface area contributed by atoms with Gasteiger partial charge < -0.3 is 10.4 Å². The van der Waals surface area contributed by atoms with E-state index in [-0.39, 0.29) is 22.1 Å². The molecule has 1 aromatic carbocycles.